The summed E-state index contributed by atoms with van der Waals surface area (Å²) in [4.78, 5) is 0. The molecule has 1 saturated carbocycles. The SMILES string of the molecule is C=Cn1cc(CNCC2(C)CCC2)cn1. The van der Waals surface area contributed by atoms with E-state index in [1.165, 1.54) is 24.8 Å². The van der Waals surface area contributed by atoms with Crippen LogP contribution in [0.2, 0.25) is 0 Å². The first-order valence-electron chi connectivity index (χ1n) is 5.58. The van der Waals surface area contributed by atoms with Gasteiger partial charge in [0.2, 0.25) is 0 Å². The molecule has 1 aromatic rings. The summed E-state index contributed by atoms with van der Waals surface area (Å²) in [6.07, 6.45) is 9.72. The van der Waals surface area contributed by atoms with E-state index >= 15 is 0 Å². The largest absolute Gasteiger partial charge is 0.312 e. The van der Waals surface area contributed by atoms with Gasteiger partial charge < -0.3 is 5.32 Å². The van der Waals surface area contributed by atoms with E-state index in [1.54, 1.807) is 10.9 Å². The summed E-state index contributed by atoms with van der Waals surface area (Å²) in [6, 6.07) is 0. The Labute approximate surface area is 91.2 Å². The minimum Gasteiger partial charge on any atom is -0.312 e. The zero-order chi connectivity index (χ0) is 10.7. The zero-order valence-corrected chi connectivity index (χ0v) is 9.37. The van der Waals surface area contributed by atoms with Gasteiger partial charge in [0, 0.05) is 31.0 Å². The minimum atomic E-state index is 0.550. The second kappa shape index (κ2) is 4.19. The fourth-order valence-electron chi connectivity index (χ4n) is 2.03. The van der Waals surface area contributed by atoms with E-state index in [0.717, 1.165) is 13.1 Å². The zero-order valence-electron chi connectivity index (χ0n) is 9.37. The van der Waals surface area contributed by atoms with E-state index in [0.29, 0.717) is 5.41 Å². The summed E-state index contributed by atoms with van der Waals surface area (Å²) in [5.41, 5.74) is 1.77. The minimum absolute atomic E-state index is 0.550. The highest BCUT2D eigenvalue weighted by Gasteiger charge is 2.30. The van der Waals surface area contributed by atoms with Gasteiger partial charge in [-0.15, -0.1) is 0 Å². The molecule has 0 spiro atoms. The molecule has 0 amide bonds. The Hall–Kier alpha value is -1.09. The lowest BCUT2D eigenvalue weighted by atomic mass is 9.70. The van der Waals surface area contributed by atoms with Crippen LogP contribution in [-0.2, 0) is 6.54 Å². The van der Waals surface area contributed by atoms with Gasteiger partial charge in [0.1, 0.15) is 0 Å². The van der Waals surface area contributed by atoms with Crippen molar-refractivity contribution in [1.29, 1.82) is 0 Å². The van der Waals surface area contributed by atoms with Crippen LogP contribution < -0.4 is 5.32 Å². The Morgan fingerprint density at radius 3 is 3.00 bits per heavy atom. The van der Waals surface area contributed by atoms with Crippen LogP contribution in [0.4, 0.5) is 0 Å². The summed E-state index contributed by atoms with van der Waals surface area (Å²) in [5.74, 6) is 0. The average molecular weight is 205 g/mol. The molecule has 1 aliphatic rings. The summed E-state index contributed by atoms with van der Waals surface area (Å²) in [5, 5.41) is 7.64. The Bertz CT molecular complexity index is 336. The van der Waals surface area contributed by atoms with Crippen molar-refractivity contribution in [2.75, 3.05) is 6.54 Å². The maximum Gasteiger partial charge on any atom is 0.0538 e. The second-order valence-electron chi connectivity index (χ2n) is 4.78. The molecule has 1 aromatic heterocycles. The van der Waals surface area contributed by atoms with Crippen molar-refractivity contribution in [3.8, 4) is 0 Å². The van der Waals surface area contributed by atoms with Gasteiger partial charge in [0.15, 0.2) is 0 Å². The molecule has 0 saturated heterocycles. The highest BCUT2D eigenvalue weighted by molar-refractivity contribution is 5.17. The van der Waals surface area contributed by atoms with E-state index in [4.69, 9.17) is 0 Å². The number of nitrogens with one attached hydrogen (secondary N) is 1. The number of hydrogen-bond acceptors (Lipinski definition) is 2. The van der Waals surface area contributed by atoms with Crippen LogP contribution >= 0.6 is 0 Å². The van der Waals surface area contributed by atoms with Gasteiger partial charge in [-0.3, -0.25) is 0 Å². The fraction of sp³-hybridized carbons (Fsp3) is 0.583. The van der Waals surface area contributed by atoms with Gasteiger partial charge in [-0.05, 0) is 18.3 Å². The molecule has 3 nitrogen and oxygen atoms in total. The molecular formula is C12H19N3. The van der Waals surface area contributed by atoms with Crippen molar-refractivity contribution in [3.63, 3.8) is 0 Å². The lowest BCUT2D eigenvalue weighted by Crippen LogP contribution is -2.36. The Morgan fingerprint density at radius 2 is 2.47 bits per heavy atom. The van der Waals surface area contributed by atoms with Gasteiger partial charge in [0.25, 0.3) is 0 Å². The normalized spacial score (nSPS) is 18.5. The molecule has 0 unspecified atom stereocenters. The molecule has 82 valence electrons. The van der Waals surface area contributed by atoms with E-state index in [-0.39, 0.29) is 0 Å². The molecule has 0 radical (unpaired) electrons. The topological polar surface area (TPSA) is 29.9 Å². The average Bonchev–Trinajstić information content (AvgIpc) is 2.63. The van der Waals surface area contributed by atoms with E-state index in [2.05, 4.69) is 23.9 Å². The highest BCUT2D eigenvalue weighted by Crippen LogP contribution is 2.39. The predicted molar refractivity (Wildman–Crippen MR) is 62.3 cm³/mol. The standard InChI is InChI=1S/C12H19N3/c1-3-15-9-11(8-14-15)7-13-10-12(2)5-4-6-12/h3,8-9,13H,1,4-7,10H2,2H3. The molecular weight excluding hydrogens is 186 g/mol. The molecule has 3 heteroatoms. The van der Waals surface area contributed by atoms with Crippen LogP contribution in [0.3, 0.4) is 0 Å². The maximum atomic E-state index is 4.14. The van der Waals surface area contributed by atoms with E-state index < -0.39 is 0 Å². The van der Waals surface area contributed by atoms with Gasteiger partial charge in [-0.1, -0.05) is 19.9 Å². The maximum absolute atomic E-state index is 4.14. The van der Waals surface area contributed by atoms with Crippen molar-refractivity contribution < 1.29 is 0 Å². The highest BCUT2D eigenvalue weighted by atomic mass is 15.2. The van der Waals surface area contributed by atoms with E-state index in [1.807, 2.05) is 12.4 Å². The predicted octanol–water partition coefficient (Wildman–Crippen LogP) is 2.26. The van der Waals surface area contributed by atoms with Crippen LogP contribution in [0.5, 0.6) is 0 Å². The number of rotatable bonds is 5. The number of aromatic nitrogens is 2. The van der Waals surface area contributed by atoms with Crippen molar-refractivity contribution in [2.45, 2.75) is 32.7 Å². The van der Waals surface area contributed by atoms with E-state index in [9.17, 15) is 0 Å². The lowest BCUT2D eigenvalue weighted by Gasteiger charge is -2.38. The molecule has 0 aliphatic heterocycles. The third-order valence-corrected chi connectivity index (χ3v) is 3.28. The first-order valence-corrected chi connectivity index (χ1v) is 5.58. The Balaban J connectivity index is 1.75. The number of hydrogen-bond donors (Lipinski definition) is 1. The van der Waals surface area contributed by atoms with Crippen molar-refractivity contribution in [3.05, 3.63) is 24.5 Å². The molecule has 0 bridgehead atoms. The van der Waals surface area contributed by atoms with Crippen LogP contribution in [0, 0.1) is 5.41 Å². The van der Waals surface area contributed by atoms with Crippen molar-refractivity contribution >= 4 is 6.20 Å². The first kappa shape index (κ1) is 10.4. The van der Waals surface area contributed by atoms with Crippen molar-refractivity contribution in [2.24, 2.45) is 5.41 Å². The lowest BCUT2D eigenvalue weighted by molar-refractivity contribution is 0.156. The molecule has 0 atom stereocenters. The van der Waals surface area contributed by atoms with Crippen LogP contribution in [0.1, 0.15) is 31.7 Å². The third-order valence-electron chi connectivity index (χ3n) is 3.28. The molecule has 1 N–H and O–H groups in total. The number of nitrogens with zero attached hydrogens (tertiary/aromatic N) is 2. The molecule has 1 heterocycles. The monoisotopic (exact) mass is 205 g/mol. The Morgan fingerprint density at radius 1 is 1.67 bits per heavy atom. The fourth-order valence-corrected chi connectivity index (χ4v) is 2.03. The van der Waals surface area contributed by atoms with Crippen LogP contribution in [0.25, 0.3) is 6.20 Å². The summed E-state index contributed by atoms with van der Waals surface area (Å²) in [6.45, 7) is 8.05. The Kier molecular flexibility index (Phi) is 2.91. The summed E-state index contributed by atoms with van der Waals surface area (Å²) in [7, 11) is 0. The smallest absolute Gasteiger partial charge is 0.0538 e. The first-order chi connectivity index (χ1) is 7.22. The van der Waals surface area contributed by atoms with Crippen LogP contribution in [0.15, 0.2) is 19.0 Å². The van der Waals surface area contributed by atoms with Gasteiger partial charge >= 0.3 is 0 Å². The second-order valence-corrected chi connectivity index (χ2v) is 4.78. The molecule has 2 rings (SSSR count). The van der Waals surface area contributed by atoms with Gasteiger partial charge in [-0.25, -0.2) is 4.68 Å². The molecule has 15 heavy (non-hydrogen) atoms. The third kappa shape index (κ3) is 2.48. The quantitative estimate of drug-likeness (QED) is 0.799. The molecule has 0 aromatic carbocycles. The van der Waals surface area contributed by atoms with Crippen molar-refractivity contribution in [1.82, 2.24) is 15.1 Å². The molecule has 1 fully saturated rings. The van der Waals surface area contributed by atoms with Gasteiger partial charge in [0.05, 0.1) is 6.20 Å². The van der Waals surface area contributed by atoms with Crippen LogP contribution in [-0.4, -0.2) is 16.3 Å². The summed E-state index contributed by atoms with van der Waals surface area (Å²) < 4.78 is 1.74. The summed E-state index contributed by atoms with van der Waals surface area (Å²) >= 11 is 0. The molecule has 1 aliphatic carbocycles. The van der Waals surface area contributed by atoms with Gasteiger partial charge in [-0.2, -0.15) is 5.10 Å².